The molecule has 0 aliphatic rings. The second-order valence-electron chi connectivity index (χ2n) is 6.75. The van der Waals surface area contributed by atoms with E-state index < -0.39 is 11.7 Å². The molecule has 0 spiro atoms. The SMILES string of the molecule is CCCC(COc1ccc(C(F)(F)F)cc1)CSc1ccc(OCOC=O)c(C)c1. The molecule has 2 aromatic carbocycles. The van der Waals surface area contributed by atoms with E-state index in [0.29, 0.717) is 24.6 Å². The van der Waals surface area contributed by atoms with Gasteiger partial charge in [-0.25, -0.2) is 0 Å². The Morgan fingerprint density at radius 3 is 2.43 bits per heavy atom. The summed E-state index contributed by atoms with van der Waals surface area (Å²) in [6, 6.07) is 10.6. The van der Waals surface area contributed by atoms with Crippen molar-refractivity contribution in [2.75, 3.05) is 19.2 Å². The summed E-state index contributed by atoms with van der Waals surface area (Å²) in [5, 5.41) is 0. The molecule has 164 valence electrons. The van der Waals surface area contributed by atoms with Gasteiger partial charge in [0.2, 0.25) is 6.79 Å². The van der Waals surface area contributed by atoms with Crippen LogP contribution in [0.4, 0.5) is 13.2 Å². The molecule has 0 aromatic heterocycles. The molecule has 2 rings (SSSR count). The minimum Gasteiger partial charge on any atom is -0.493 e. The van der Waals surface area contributed by atoms with Crippen molar-refractivity contribution < 1.29 is 32.2 Å². The molecule has 0 N–H and O–H groups in total. The topological polar surface area (TPSA) is 44.8 Å². The zero-order chi connectivity index (χ0) is 22.0. The molecule has 1 unspecified atom stereocenters. The molecule has 8 heteroatoms. The van der Waals surface area contributed by atoms with Gasteiger partial charge in [-0.15, -0.1) is 11.8 Å². The molecule has 30 heavy (non-hydrogen) atoms. The summed E-state index contributed by atoms with van der Waals surface area (Å²) in [6.07, 6.45) is -2.40. The van der Waals surface area contributed by atoms with Crippen LogP contribution < -0.4 is 9.47 Å². The second kappa shape index (κ2) is 11.7. The Balaban J connectivity index is 1.88. The molecule has 0 radical (unpaired) electrons. The fraction of sp³-hybridized carbons (Fsp3) is 0.409. The highest BCUT2D eigenvalue weighted by Crippen LogP contribution is 2.31. The molecule has 0 saturated carbocycles. The third-order valence-corrected chi connectivity index (χ3v) is 5.57. The summed E-state index contributed by atoms with van der Waals surface area (Å²) >= 11 is 1.69. The summed E-state index contributed by atoms with van der Waals surface area (Å²) < 4.78 is 53.6. The van der Waals surface area contributed by atoms with Crippen LogP contribution in [0.3, 0.4) is 0 Å². The van der Waals surface area contributed by atoms with E-state index in [-0.39, 0.29) is 12.7 Å². The van der Waals surface area contributed by atoms with Crippen LogP contribution in [0.15, 0.2) is 47.4 Å². The van der Waals surface area contributed by atoms with E-state index >= 15 is 0 Å². The second-order valence-corrected chi connectivity index (χ2v) is 7.84. The maximum Gasteiger partial charge on any atom is 0.416 e. The number of benzene rings is 2. The van der Waals surface area contributed by atoms with Gasteiger partial charge in [0.25, 0.3) is 6.47 Å². The lowest BCUT2D eigenvalue weighted by Crippen LogP contribution is -2.15. The van der Waals surface area contributed by atoms with Gasteiger partial charge in [-0.3, -0.25) is 4.79 Å². The van der Waals surface area contributed by atoms with Gasteiger partial charge in [-0.05, 0) is 61.4 Å². The van der Waals surface area contributed by atoms with Gasteiger partial charge >= 0.3 is 6.18 Å². The average Bonchev–Trinajstić information content (AvgIpc) is 2.71. The summed E-state index contributed by atoms with van der Waals surface area (Å²) in [5.74, 6) is 2.17. The molecule has 0 saturated heterocycles. The van der Waals surface area contributed by atoms with Crippen LogP contribution in [0.5, 0.6) is 11.5 Å². The van der Waals surface area contributed by atoms with Crippen LogP contribution in [0.1, 0.15) is 30.9 Å². The Labute approximate surface area is 178 Å². The first-order chi connectivity index (χ1) is 14.3. The van der Waals surface area contributed by atoms with Gasteiger partial charge in [0, 0.05) is 16.6 Å². The van der Waals surface area contributed by atoms with Crippen LogP contribution in [-0.2, 0) is 15.7 Å². The lowest BCUT2D eigenvalue weighted by atomic mass is 10.1. The number of ether oxygens (including phenoxy) is 3. The Bertz CT molecular complexity index is 794. The minimum atomic E-state index is -4.35. The van der Waals surface area contributed by atoms with E-state index in [1.54, 1.807) is 11.8 Å². The van der Waals surface area contributed by atoms with E-state index in [1.165, 1.54) is 12.1 Å². The lowest BCUT2D eigenvalue weighted by Gasteiger charge is -2.17. The molecule has 0 bridgehead atoms. The third-order valence-electron chi connectivity index (χ3n) is 4.35. The van der Waals surface area contributed by atoms with Crippen molar-refractivity contribution in [3.8, 4) is 11.5 Å². The number of hydrogen-bond acceptors (Lipinski definition) is 5. The Morgan fingerprint density at radius 2 is 1.83 bits per heavy atom. The smallest absolute Gasteiger partial charge is 0.416 e. The predicted molar refractivity (Wildman–Crippen MR) is 110 cm³/mol. The van der Waals surface area contributed by atoms with Gasteiger partial charge in [0.05, 0.1) is 12.2 Å². The number of carbonyl (C=O) groups is 1. The van der Waals surface area contributed by atoms with Gasteiger partial charge in [-0.1, -0.05) is 13.3 Å². The monoisotopic (exact) mass is 442 g/mol. The number of halogens is 3. The fourth-order valence-electron chi connectivity index (χ4n) is 2.79. The summed E-state index contributed by atoms with van der Waals surface area (Å²) in [4.78, 5) is 11.2. The van der Waals surface area contributed by atoms with Gasteiger partial charge in [0.15, 0.2) is 0 Å². The molecule has 0 aliphatic heterocycles. The van der Waals surface area contributed by atoms with Crippen molar-refractivity contribution >= 4 is 18.2 Å². The molecule has 0 aliphatic carbocycles. The number of aryl methyl sites for hydroxylation is 1. The maximum atomic E-state index is 12.7. The number of hydrogen-bond donors (Lipinski definition) is 0. The van der Waals surface area contributed by atoms with E-state index in [4.69, 9.17) is 9.47 Å². The van der Waals surface area contributed by atoms with E-state index in [1.807, 2.05) is 25.1 Å². The van der Waals surface area contributed by atoms with Gasteiger partial charge < -0.3 is 14.2 Å². The zero-order valence-corrected chi connectivity index (χ0v) is 17.7. The Morgan fingerprint density at radius 1 is 1.10 bits per heavy atom. The van der Waals surface area contributed by atoms with Crippen molar-refractivity contribution in [1.29, 1.82) is 0 Å². The molecular weight excluding hydrogens is 417 g/mol. The first-order valence-electron chi connectivity index (χ1n) is 9.55. The highest BCUT2D eigenvalue weighted by Gasteiger charge is 2.30. The third kappa shape index (κ3) is 7.82. The van der Waals surface area contributed by atoms with Crippen LogP contribution in [-0.4, -0.2) is 25.6 Å². The van der Waals surface area contributed by atoms with E-state index in [2.05, 4.69) is 11.7 Å². The summed E-state index contributed by atoms with van der Waals surface area (Å²) in [7, 11) is 0. The van der Waals surface area contributed by atoms with Crippen LogP contribution >= 0.6 is 11.8 Å². The molecular formula is C22H25F3O4S. The standard InChI is InChI=1S/C22H25F3O4S/c1-3-4-17(12-28-19-7-5-18(6-8-19)22(23,24)25)13-30-20-9-10-21(16(2)11-20)29-15-27-14-26/h5-11,14,17H,3-4,12-13,15H2,1-2H3. The lowest BCUT2D eigenvalue weighted by molar-refractivity contribution is -0.137. The van der Waals surface area contributed by atoms with Crippen LogP contribution in [0.2, 0.25) is 0 Å². The quantitative estimate of drug-likeness (QED) is 0.172. The zero-order valence-electron chi connectivity index (χ0n) is 16.9. The maximum absolute atomic E-state index is 12.7. The van der Waals surface area contributed by atoms with Crippen molar-refractivity contribution in [2.45, 2.75) is 37.8 Å². The number of alkyl halides is 3. The number of carbonyl (C=O) groups excluding carboxylic acids is 1. The van der Waals surface area contributed by atoms with Crippen LogP contribution in [0, 0.1) is 12.8 Å². The number of rotatable bonds is 12. The number of thioether (sulfide) groups is 1. The predicted octanol–water partition coefficient (Wildman–Crippen LogP) is 6.11. The average molecular weight is 442 g/mol. The fourth-order valence-corrected chi connectivity index (χ4v) is 3.91. The first-order valence-corrected chi connectivity index (χ1v) is 10.5. The van der Waals surface area contributed by atoms with Crippen molar-refractivity contribution in [2.24, 2.45) is 5.92 Å². The van der Waals surface area contributed by atoms with Crippen molar-refractivity contribution in [3.05, 3.63) is 53.6 Å². The van der Waals surface area contributed by atoms with E-state index in [9.17, 15) is 18.0 Å². The summed E-state index contributed by atoms with van der Waals surface area (Å²) in [6.45, 7) is 4.65. The van der Waals surface area contributed by atoms with Crippen molar-refractivity contribution in [3.63, 3.8) is 0 Å². The molecule has 0 fully saturated rings. The first kappa shape index (κ1) is 23.9. The van der Waals surface area contributed by atoms with Crippen molar-refractivity contribution in [1.82, 2.24) is 0 Å². The van der Waals surface area contributed by atoms with Gasteiger partial charge in [-0.2, -0.15) is 13.2 Å². The molecule has 0 heterocycles. The highest BCUT2D eigenvalue weighted by atomic mass is 32.2. The molecule has 4 nitrogen and oxygen atoms in total. The van der Waals surface area contributed by atoms with Gasteiger partial charge in [0.1, 0.15) is 11.5 Å². The normalized spacial score (nSPS) is 12.3. The molecule has 1 atom stereocenters. The minimum absolute atomic E-state index is 0.128. The Kier molecular flexibility index (Phi) is 9.36. The molecule has 2 aromatic rings. The summed E-state index contributed by atoms with van der Waals surface area (Å²) in [5.41, 5.74) is 0.249. The van der Waals surface area contributed by atoms with E-state index in [0.717, 1.165) is 41.2 Å². The van der Waals surface area contributed by atoms with Crippen LogP contribution in [0.25, 0.3) is 0 Å². The molecule has 0 amide bonds. The largest absolute Gasteiger partial charge is 0.493 e. The Hall–Kier alpha value is -2.35. The highest BCUT2D eigenvalue weighted by molar-refractivity contribution is 7.99.